The molecule has 2 aromatic carbocycles. The average molecular weight is 283 g/mol. The van der Waals surface area contributed by atoms with E-state index < -0.39 is 0 Å². The van der Waals surface area contributed by atoms with Crippen LogP contribution in [0.5, 0.6) is 5.75 Å². The second-order valence-corrected chi connectivity index (χ2v) is 4.57. The molecule has 106 valence electrons. The number of nitrogens with zero attached hydrogens (tertiary/aromatic N) is 1. The van der Waals surface area contributed by atoms with Crippen LogP contribution >= 0.6 is 0 Å². The van der Waals surface area contributed by atoms with Crippen molar-refractivity contribution in [3.8, 4) is 5.75 Å². The van der Waals surface area contributed by atoms with E-state index in [4.69, 9.17) is 10.5 Å². The molecule has 21 heavy (non-hydrogen) atoms. The number of anilines is 3. The molecular weight excluding hydrogens is 269 g/mol. The molecule has 0 unspecified atom stereocenters. The smallest absolute Gasteiger partial charge is 0.146 e. The molecule has 1 aromatic heterocycles. The predicted molar refractivity (Wildman–Crippen MR) is 82.4 cm³/mol. The summed E-state index contributed by atoms with van der Waals surface area (Å²) in [6.07, 6.45) is 1.68. The molecular formula is C16H14FN3O. The van der Waals surface area contributed by atoms with Crippen molar-refractivity contribution in [3.05, 3.63) is 54.5 Å². The summed E-state index contributed by atoms with van der Waals surface area (Å²) in [5.74, 6) is 0.211. The van der Waals surface area contributed by atoms with Crippen molar-refractivity contribution in [2.24, 2.45) is 0 Å². The van der Waals surface area contributed by atoms with Crippen LogP contribution in [-0.4, -0.2) is 12.1 Å². The number of benzene rings is 2. The molecule has 0 amide bonds. The standard InChI is InChI=1S/C16H14FN3O/c1-21-10-4-5-12(17)15(9-10)20-14-7-6-13(18)11-3-2-8-19-16(11)14/h2-9,20H,18H2,1H3. The minimum Gasteiger partial charge on any atom is -0.497 e. The maximum Gasteiger partial charge on any atom is 0.146 e. The van der Waals surface area contributed by atoms with Gasteiger partial charge in [-0.2, -0.15) is 0 Å². The maximum atomic E-state index is 13.9. The topological polar surface area (TPSA) is 60.2 Å². The van der Waals surface area contributed by atoms with Crippen LogP contribution in [-0.2, 0) is 0 Å². The van der Waals surface area contributed by atoms with Crippen LogP contribution in [0, 0.1) is 5.82 Å². The van der Waals surface area contributed by atoms with E-state index in [1.54, 1.807) is 30.5 Å². The van der Waals surface area contributed by atoms with Gasteiger partial charge >= 0.3 is 0 Å². The third-order valence-corrected chi connectivity index (χ3v) is 3.25. The molecule has 4 nitrogen and oxygen atoms in total. The molecule has 0 aliphatic heterocycles. The number of rotatable bonds is 3. The van der Waals surface area contributed by atoms with Crippen LogP contribution < -0.4 is 15.8 Å². The molecule has 3 rings (SSSR count). The first-order valence-corrected chi connectivity index (χ1v) is 6.43. The zero-order valence-electron chi connectivity index (χ0n) is 11.4. The highest BCUT2D eigenvalue weighted by atomic mass is 19.1. The van der Waals surface area contributed by atoms with Crippen molar-refractivity contribution in [3.63, 3.8) is 0 Å². The lowest BCUT2D eigenvalue weighted by Gasteiger charge is -2.12. The third-order valence-electron chi connectivity index (χ3n) is 3.25. The molecule has 0 aliphatic rings. The number of ether oxygens (including phenoxy) is 1. The first kappa shape index (κ1) is 13.2. The van der Waals surface area contributed by atoms with Crippen molar-refractivity contribution in [2.75, 3.05) is 18.2 Å². The third kappa shape index (κ3) is 2.45. The Morgan fingerprint density at radius 2 is 2.00 bits per heavy atom. The Kier molecular flexibility index (Phi) is 3.31. The number of hydrogen-bond donors (Lipinski definition) is 2. The first-order chi connectivity index (χ1) is 10.2. The maximum absolute atomic E-state index is 13.9. The Hall–Kier alpha value is -2.82. The summed E-state index contributed by atoms with van der Waals surface area (Å²) in [4.78, 5) is 4.31. The summed E-state index contributed by atoms with van der Waals surface area (Å²) in [6, 6.07) is 11.8. The van der Waals surface area contributed by atoms with Crippen molar-refractivity contribution < 1.29 is 9.13 Å². The van der Waals surface area contributed by atoms with Crippen LogP contribution in [0.4, 0.5) is 21.5 Å². The molecule has 0 radical (unpaired) electrons. The number of nitrogens with one attached hydrogen (secondary N) is 1. The lowest BCUT2D eigenvalue weighted by Crippen LogP contribution is -1.98. The Bertz CT molecular complexity index is 805. The van der Waals surface area contributed by atoms with E-state index in [1.165, 1.54) is 13.2 Å². The Balaban J connectivity index is 2.08. The quantitative estimate of drug-likeness (QED) is 0.719. The molecule has 0 bridgehead atoms. The summed E-state index contributed by atoms with van der Waals surface area (Å²) in [5.41, 5.74) is 8.27. The van der Waals surface area contributed by atoms with Crippen molar-refractivity contribution >= 4 is 28.0 Å². The zero-order chi connectivity index (χ0) is 14.8. The average Bonchev–Trinajstić information content (AvgIpc) is 2.52. The van der Waals surface area contributed by atoms with Crippen LogP contribution in [0.3, 0.4) is 0 Å². The largest absolute Gasteiger partial charge is 0.497 e. The second kappa shape index (κ2) is 5.28. The zero-order valence-corrected chi connectivity index (χ0v) is 11.4. The van der Waals surface area contributed by atoms with Crippen molar-refractivity contribution in [1.82, 2.24) is 4.98 Å². The van der Waals surface area contributed by atoms with E-state index in [2.05, 4.69) is 10.3 Å². The molecule has 0 atom stereocenters. The molecule has 5 heteroatoms. The predicted octanol–water partition coefficient (Wildman–Crippen LogP) is 3.71. The minimum atomic E-state index is -0.364. The van der Waals surface area contributed by atoms with Crippen LogP contribution in [0.1, 0.15) is 0 Å². The minimum absolute atomic E-state index is 0.325. The van der Waals surface area contributed by atoms with Gasteiger partial charge in [0.05, 0.1) is 24.0 Å². The number of nitrogens with two attached hydrogens (primary N) is 1. The van der Waals surface area contributed by atoms with Gasteiger partial charge in [-0.15, -0.1) is 0 Å². The van der Waals surface area contributed by atoms with Gasteiger partial charge in [0.1, 0.15) is 11.6 Å². The molecule has 3 aromatic rings. The van der Waals surface area contributed by atoms with Crippen molar-refractivity contribution in [1.29, 1.82) is 0 Å². The van der Waals surface area contributed by atoms with Gasteiger partial charge in [-0.05, 0) is 36.4 Å². The number of nitrogen functional groups attached to an aromatic ring is 1. The molecule has 1 heterocycles. The summed E-state index contributed by atoms with van der Waals surface area (Å²) < 4.78 is 19.0. The van der Waals surface area contributed by atoms with Gasteiger partial charge in [0.2, 0.25) is 0 Å². The fraction of sp³-hybridized carbons (Fsp3) is 0.0625. The van der Waals surface area contributed by atoms with E-state index >= 15 is 0 Å². The Morgan fingerprint density at radius 3 is 2.81 bits per heavy atom. The van der Waals surface area contributed by atoms with Gasteiger partial charge in [0.15, 0.2) is 0 Å². The Morgan fingerprint density at radius 1 is 1.14 bits per heavy atom. The molecule has 0 saturated carbocycles. The number of pyridine rings is 1. The second-order valence-electron chi connectivity index (χ2n) is 4.57. The molecule has 0 aliphatic carbocycles. The fourth-order valence-corrected chi connectivity index (χ4v) is 2.17. The van der Waals surface area contributed by atoms with E-state index in [9.17, 15) is 4.39 Å². The number of aromatic nitrogens is 1. The summed E-state index contributed by atoms with van der Waals surface area (Å²) >= 11 is 0. The van der Waals surface area contributed by atoms with Gasteiger partial charge < -0.3 is 15.8 Å². The summed E-state index contributed by atoms with van der Waals surface area (Å²) in [7, 11) is 1.54. The van der Waals surface area contributed by atoms with Crippen LogP contribution in [0.2, 0.25) is 0 Å². The van der Waals surface area contributed by atoms with Crippen LogP contribution in [0.25, 0.3) is 10.9 Å². The van der Waals surface area contributed by atoms with E-state index in [1.807, 2.05) is 12.1 Å². The monoisotopic (exact) mass is 283 g/mol. The van der Waals surface area contributed by atoms with Gasteiger partial charge in [0, 0.05) is 23.3 Å². The molecule has 0 fully saturated rings. The van der Waals surface area contributed by atoms with E-state index in [0.29, 0.717) is 28.3 Å². The molecule has 0 spiro atoms. The van der Waals surface area contributed by atoms with Crippen molar-refractivity contribution in [2.45, 2.75) is 0 Å². The number of halogens is 1. The number of fused-ring (bicyclic) bond motifs is 1. The van der Waals surface area contributed by atoms with Gasteiger partial charge in [-0.1, -0.05) is 0 Å². The fourth-order valence-electron chi connectivity index (χ4n) is 2.17. The van der Waals surface area contributed by atoms with Gasteiger partial charge in [-0.25, -0.2) is 4.39 Å². The van der Waals surface area contributed by atoms with E-state index in [0.717, 1.165) is 5.39 Å². The van der Waals surface area contributed by atoms with Gasteiger partial charge in [0.25, 0.3) is 0 Å². The summed E-state index contributed by atoms with van der Waals surface area (Å²) in [5, 5.41) is 3.87. The highest BCUT2D eigenvalue weighted by molar-refractivity contribution is 5.99. The lowest BCUT2D eigenvalue weighted by molar-refractivity contribution is 0.414. The number of hydrogen-bond acceptors (Lipinski definition) is 4. The normalized spacial score (nSPS) is 10.6. The summed E-state index contributed by atoms with van der Waals surface area (Å²) in [6.45, 7) is 0. The van der Waals surface area contributed by atoms with Crippen LogP contribution in [0.15, 0.2) is 48.7 Å². The SMILES string of the molecule is COc1ccc(F)c(Nc2ccc(N)c3cccnc23)c1. The highest BCUT2D eigenvalue weighted by Crippen LogP contribution is 2.30. The number of methoxy groups -OCH3 is 1. The molecule has 3 N–H and O–H groups in total. The first-order valence-electron chi connectivity index (χ1n) is 6.43. The Labute approximate surface area is 121 Å². The molecule has 0 saturated heterocycles. The van der Waals surface area contributed by atoms with E-state index in [-0.39, 0.29) is 5.82 Å². The van der Waals surface area contributed by atoms with Gasteiger partial charge in [-0.3, -0.25) is 4.98 Å². The lowest BCUT2D eigenvalue weighted by atomic mass is 10.1. The highest BCUT2D eigenvalue weighted by Gasteiger charge is 2.09.